The van der Waals surface area contributed by atoms with Crippen LogP contribution >= 0.6 is 11.6 Å². The summed E-state index contributed by atoms with van der Waals surface area (Å²) in [5.74, 6) is -0.753. The maximum absolute atomic E-state index is 13.5. The van der Waals surface area contributed by atoms with Crippen LogP contribution < -0.4 is 14.7 Å². The summed E-state index contributed by atoms with van der Waals surface area (Å²) in [6.07, 6.45) is -0.934. The molecule has 3 aromatic rings. The normalized spacial score (nSPS) is 22.7. The Bertz CT molecular complexity index is 1140. The van der Waals surface area contributed by atoms with E-state index in [4.69, 9.17) is 21.2 Å². The second kappa shape index (κ2) is 7.72. The molecule has 2 aliphatic heterocycles. The topological polar surface area (TPSA) is 59.1 Å². The van der Waals surface area contributed by atoms with Gasteiger partial charge in [-0.1, -0.05) is 54.1 Å². The monoisotopic (exact) mass is 434 g/mol. The van der Waals surface area contributed by atoms with Crippen LogP contribution in [0.25, 0.3) is 0 Å². The van der Waals surface area contributed by atoms with Crippen LogP contribution in [0, 0.1) is 5.92 Å². The molecule has 0 bridgehead atoms. The van der Waals surface area contributed by atoms with E-state index in [9.17, 15) is 9.59 Å². The van der Waals surface area contributed by atoms with E-state index in [2.05, 4.69) is 0 Å². The van der Waals surface area contributed by atoms with Crippen LogP contribution in [0.15, 0.2) is 78.9 Å². The molecule has 0 saturated carbocycles. The van der Waals surface area contributed by atoms with Gasteiger partial charge in [-0.2, -0.15) is 0 Å². The Kier molecular flexibility index (Phi) is 4.88. The number of ether oxygens (including phenoxy) is 1. The zero-order chi connectivity index (χ0) is 21.5. The summed E-state index contributed by atoms with van der Waals surface area (Å²) >= 11 is 6.29. The summed E-state index contributed by atoms with van der Waals surface area (Å²) in [5, 5.41) is 2.00. The first kappa shape index (κ1) is 19.6. The SMILES string of the molecule is COc1ccc(C2C3C(=O)N(c4ccccc4Cl)C(=O)C3ON2c2ccccc2)cc1. The number of imide groups is 1. The summed E-state index contributed by atoms with van der Waals surface area (Å²) in [6, 6.07) is 23.2. The average Bonchev–Trinajstić information content (AvgIpc) is 3.31. The first-order valence-electron chi connectivity index (χ1n) is 9.87. The van der Waals surface area contributed by atoms with Crippen LogP contribution in [0.2, 0.25) is 5.02 Å². The highest BCUT2D eigenvalue weighted by atomic mass is 35.5. The molecule has 156 valence electrons. The van der Waals surface area contributed by atoms with Gasteiger partial charge in [-0.05, 0) is 42.0 Å². The number of fused-ring (bicyclic) bond motifs is 1. The number of hydrogen-bond donors (Lipinski definition) is 0. The van der Waals surface area contributed by atoms with Gasteiger partial charge in [0.2, 0.25) is 5.91 Å². The molecule has 6 nitrogen and oxygen atoms in total. The Labute approximate surface area is 184 Å². The molecule has 2 saturated heterocycles. The standard InChI is InChI=1S/C24H19ClN2O4/c1-30-17-13-11-15(12-14-17)21-20-22(31-27(21)16-7-3-2-4-8-16)24(29)26(23(20)28)19-10-6-5-9-18(19)25/h2-14,20-22H,1H3. The van der Waals surface area contributed by atoms with Crippen LogP contribution in [-0.4, -0.2) is 25.0 Å². The van der Waals surface area contributed by atoms with Crippen molar-refractivity contribution in [2.45, 2.75) is 12.1 Å². The van der Waals surface area contributed by atoms with E-state index in [0.29, 0.717) is 16.5 Å². The van der Waals surface area contributed by atoms with Gasteiger partial charge in [-0.3, -0.25) is 14.4 Å². The lowest BCUT2D eigenvalue weighted by Crippen LogP contribution is -2.37. The number of hydroxylamine groups is 1. The molecule has 3 unspecified atom stereocenters. The molecule has 0 aromatic heterocycles. The number of anilines is 2. The average molecular weight is 435 g/mol. The zero-order valence-electron chi connectivity index (χ0n) is 16.6. The highest BCUT2D eigenvalue weighted by Crippen LogP contribution is 2.48. The Morgan fingerprint density at radius 2 is 1.55 bits per heavy atom. The van der Waals surface area contributed by atoms with E-state index in [1.165, 1.54) is 0 Å². The van der Waals surface area contributed by atoms with Crippen LogP contribution in [-0.2, 0) is 14.4 Å². The number of nitrogens with zero attached hydrogens (tertiary/aromatic N) is 2. The molecule has 3 atom stereocenters. The number of amides is 2. The summed E-state index contributed by atoms with van der Waals surface area (Å²) in [7, 11) is 1.60. The number of hydrogen-bond acceptors (Lipinski definition) is 5. The smallest absolute Gasteiger partial charge is 0.266 e. The summed E-state index contributed by atoms with van der Waals surface area (Å²) in [5.41, 5.74) is 1.99. The number of para-hydroxylation sites is 2. The van der Waals surface area contributed by atoms with Crippen molar-refractivity contribution in [1.82, 2.24) is 0 Å². The number of halogens is 1. The van der Waals surface area contributed by atoms with Crippen LogP contribution in [0.4, 0.5) is 11.4 Å². The van der Waals surface area contributed by atoms with Gasteiger partial charge in [0.25, 0.3) is 5.91 Å². The minimum atomic E-state index is -0.934. The predicted octanol–water partition coefficient (Wildman–Crippen LogP) is 4.40. The molecule has 0 spiro atoms. The van der Waals surface area contributed by atoms with Crippen molar-refractivity contribution >= 4 is 34.8 Å². The molecule has 0 N–H and O–H groups in total. The first-order chi connectivity index (χ1) is 15.1. The molecular formula is C24H19ClN2O4. The molecule has 5 rings (SSSR count). The minimum absolute atomic E-state index is 0.331. The van der Waals surface area contributed by atoms with E-state index >= 15 is 0 Å². The quantitative estimate of drug-likeness (QED) is 0.570. The third kappa shape index (κ3) is 3.15. The van der Waals surface area contributed by atoms with Crippen molar-refractivity contribution in [3.8, 4) is 5.75 Å². The van der Waals surface area contributed by atoms with Gasteiger partial charge >= 0.3 is 0 Å². The lowest BCUT2D eigenvalue weighted by Gasteiger charge is -2.29. The van der Waals surface area contributed by atoms with Gasteiger partial charge in [-0.15, -0.1) is 0 Å². The largest absolute Gasteiger partial charge is 0.497 e. The summed E-state index contributed by atoms with van der Waals surface area (Å²) in [6.45, 7) is 0. The van der Waals surface area contributed by atoms with Crippen LogP contribution in [0.3, 0.4) is 0 Å². The molecule has 2 heterocycles. The van der Waals surface area contributed by atoms with Crippen molar-refractivity contribution in [1.29, 1.82) is 0 Å². The van der Waals surface area contributed by atoms with Gasteiger partial charge in [0.1, 0.15) is 11.7 Å². The predicted molar refractivity (Wildman–Crippen MR) is 117 cm³/mol. The third-order valence-electron chi connectivity index (χ3n) is 5.68. The van der Waals surface area contributed by atoms with Gasteiger partial charge < -0.3 is 4.74 Å². The number of rotatable bonds is 4. The maximum Gasteiger partial charge on any atom is 0.266 e. The fourth-order valence-corrected chi connectivity index (χ4v) is 4.44. The summed E-state index contributed by atoms with van der Waals surface area (Å²) < 4.78 is 5.27. The molecule has 0 radical (unpaired) electrons. The molecule has 2 amide bonds. The maximum atomic E-state index is 13.5. The van der Waals surface area contributed by atoms with E-state index in [-0.39, 0.29) is 5.91 Å². The van der Waals surface area contributed by atoms with Gasteiger partial charge in [0.15, 0.2) is 6.10 Å². The zero-order valence-corrected chi connectivity index (χ0v) is 17.4. The van der Waals surface area contributed by atoms with E-state index in [1.54, 1.807) is 36.4 Å². The van der Waals surface area contributed by atoms with Crippen molar-refractivity contribution in [3.63, 3.8) is 0 Å². The Morgan fingerprint density at radius 1 is 0.871 bits per heavy atom. The number of carbonyl (C=O) groups is 2. The molecule has 3 aromatic carbocycles. The van der Waals surface area contributed by atoms with Crippen LogP contribution in [0.1, 0.15) is 11.6 Å². The third-order valence-corrected chi connectivity index (χ3v) is 6.00. The van der Waals surface area contributed by atoms with Crippen molar-refractivity contribution in [2.24, 2.45) is 5.92 Å². The molecule has 2 aliphatic rings. The van der Waals surface area contributed by atoms with E-state index in [1.807, 2.05) is 54.6 Å². The molecule has 2 fully saturated rings. The molecular weight excluding hydrogens is 416 g/mol. The van der Waals surface area contributed by atoms with Gasteiger partial charge in [0, 0.05) is 0 Å². The summed E-state index contributed by atoms with van der Waals surface area (Å²) in [4.78, 5) is 34.1. The number of benzene rings is 3. The van der Waals surface area contributed by atoms with Gasteiger partial charge in [-0.25, -0.2) is 9.96 Å². The second-order valence-corrected chi connectivity index (χ2v) is 7.80. The first-order valence-corrected chi connectivity index (χ1v) is 10.3. The number of carbonyl (C=O) groups excluding carboxylic acids is 2. The minimum Gasteiger partial charge on any atom is -0.497 e. The Hall–Kier alpha value is -3.35. The fraction of sp³-hybridized carbons (Fsp3) is 0.167. The lowest BCUT2D eigenvalue weighted by atomic mass is 9.90. The van der Waals surface area contributed by atoms with E-state index < -0.39 is 24.0 Å². The Balaban J connectivity index is 1.59. The lowest BCUT2D eigenvalue weighted by molar-refractivity contribution is -0.126. The number of methoxy groups -OCH3 is 1. The molecule has 0 aliphatic carbocycles. The van der Waals surface area contributed by atoms with Crippen molar-refractivity contribution in [2.75, 3.05) is 17.1 Å². The highest BCUT2D eigenvalue weighted by Gasteiger charge is 2.60. The Morgan fingerprint density at radius 3 is 2.23 bits per heavy atom. The van der Waals surface area contributed by atoms with Crippen molar-refractivity contribution < 1.29 is 19.2 Å². The van der Waals surface area contributed by atoms with E-state index in [0.717, 1.165) is 16.2 Å². The highest BCUT2D eigenvalue weighted by molar-refractivity contribution is 6.36. The molecule has 7 heteroatoms. The van der Waals surface area contributed by atoms with Gasteiger partial charge in [0.05, 0.1) is 29.5 Å². The molecule has 31 heavy (non-hydrogen) atoms. The van der Waals surface area contributed by atoms with Crippen molar-refractivity contribution in [3.05, 3.63) is 89.4 Å². The second-order valence-electron chi connectivity index (χ2n) is 7.39. The fourth-order valence-electron chi connectivity index (χ4n) is 4.22. The van der Waals surface area contributed by atoms with Crippen LogP contribution in [0.5, 0.6) is 5.75 Å².